The van der Waals surface area contributed by atoms with Crippen LogP contribution in [0.4, 0.5) is 5.82 Å². The van der Waals surface area contributed by atoms with Crippen LogP contribution in [-0.4, -0.2) is 21.7 Å². The van der Waals surface area contributed by atoms with E-state index >= 15 is 0 Å². The van der Waals surface area contributed by atoms with Crippen molar-refractivity contribution in [2.45, 2.75) is 53.5 Å². The number of imidazole rings is 1. The molecule has 1 aliphatic heterocycles. The monoisotopic (exact) mass is 379 g/mol. The fraction of sp³-hybridized carbons (Fsp3) is 0.435. The van der Waals surface area contributed by atoms with Crippen LogP contribution in [0.5, 0.6) is 11.5 Å². The lowest BCUT2D eigenvalue weighted by Gasteiger charge is -2.34. The molecule has 0 bridgehead atoms. The highest BCUT2D eigenvalue weighted by atomic mass is 16.7. The van der Waals surface area contributed by atoms with E-state index < -0.39 is 0 Å². The van der Waals surface area contributed by atoms with Gasteiger partial charge < -0.3 is 14.8 Å². The number of benzene rings is 1. The van der Waals surface area contributed by atoms with Gasteiger partial charge in [0.05, 0.1) is 0 Å². The van der Waals surface area contributed by atoms with E-state index in [1.54, 1.807) is 0 Å². The largest absolute Gasteiger partial charge is 0.454 e. The van der Waals surface area contributed by atoms with Gasteiger partial charge in [0.15, 0.2) is 11.5 Å². The molecule has 1 aliphatic rings. The third-order valence-corrected chi connectivity index (χ3v) is 4.92. The minimum atomic E-state index is -0.0942. The van der Waals surface area contributed by atoms with Crippen molar-refractivity contribution < 1.29 is 9.47 Å². The minimum Gasteiger partial charge on any atom is -0.454 e. The van der Waals surface area contributed by atoms with Crippen molar-refractivity contribution in [2.24, 2.45) is 5.41 Å². The van der Waals surface area contributed by atoms with E-state index in [4.69, 9.17) is 14.5 Å². The number of nitrogens with one attached hydrogen (secondary N) is 1. The zero-order valence-corrected chi connectivity index (χ0v) is 17.6. The van der Waals surface area contributed by atoms with Crippen molar-refractivity contribution in [3.63, 3.8) is 0 Å². The van der Waals surface area contributed by atoms with Gasteiger partial charge in [-0.15, -0.1) is 0 Å². The molecule has 28 heavy (non-hydrogen) atoms. The Kier molecular flexibility index (Phi) is 4.29. The Morgan fingerprint density at radius 2 is 1.82 bits per heavy atom. The molecule has 0 amide bonds. The maximum atomic E-state index is 5.59. The summed E-state index contributed by atoms with van der Waals surface area (Å²) >= 11 is 0. The average Bonchev–Trinajstić information content (AvgIpc) is 3.17. The first kappa shape index (κ1) is 18.7. The number of fused-ring (bicyclic) bond motifs is 2. The Balaban J connectivity index is 1.84. The Morgan fingerprint density at radius 3 is 2.57 bits per heavy atom. The van der Waals surface area contributed by atoms with Crippen molar-refractivity contribution in [3.05, 3.63) is 42.1 Å². The van der Waals surface area contributed by atoms with Crippen molar-refractivity contribution >= 4 is 11.5 Å². The molecule has 5 nitrogen and oxygen atoms in total. The van der Waals surface area contributed by atoms with Gasteiger partial charge in [-0.05, 0) is 62.4 Å². The number of pyridine rings is 1. The number of aryl methyl sites for hydroxylation is 1. The van der Waals surface area contributed by atoms with Crippen molar-refractivity contribution in [1.29, 1.82) is 0 Å². The molecule has 3 heterocycles. The molecule has 0 spiro atoms. The van der Waals surface area contributed by atoms with Crippen LogP contribution in [0, 0.1) is 12.3 Å². The van der Waals surface area contributed by atoms with Gasteiger partial charge in [0.25, 0.3) is 0 Å². The van der Waals surface area contributed by atoms with Gasteiger partial charge in [-0.1, -0.05) is 26.8 Å². The minimum absolute atomic E-state index is 0.0942. The highest BCUT2D eigenvalue weighted by molar-refractivity contribution is 5.79. The predicted octanol–water partition coefficient (Wildman–Crippen LogP) is 5.67. The SMILES string of the molecule is Cc1cccn2c(NC(C)(C)CC(C)(C)C)c(-c3ccc4c(c3)OCO4)nc12. The van der Waals surface area contributed by atoms with Crippen LogP contribution in [0.3, 0.4) is 0 Å². The van der Waals surface area contributed by atoms with Crippen LogP contribution in [-0.2, 0) is 0 Å². The first-order valence-electron chi connectivity index (χ1n) is 9.79. The Hall–Kier alpha value is -2.69. The molecule has 0 atom stereocenters. The second-order valence-electron chi connectivity index (χ2n) is 9.51. The third-order valence-electron chi connectivity index (χ3n) is 4.92. The fourth-order valence-electron chi connectivity index (χ4n) is 4.26. The molecular formula is C23H29N3O2. The molecule has 1 aromatic carbocycles. The molecule has 4 rings (SSSR count). The number of hydrogen-bond acceptors (Lipinski definition) is 4. The van der Waals surface area contributed by atoms with Crippen LogP contribution in [0.2, 0.25) is 0 Å². The number of anilines is 1. The zero-order valence-electron chi connectivity index (χ0n) is 17.6. The molecule has 2 aromatic heterocycles. The number of nitrogens with zero attached hydrogens (tertiary/aromatic N) is 2. The quantitative estimate of drug-likeness (QED) is 0.635. The summed E-state index contributed by atoms with van der Waals surface area (Å²) in [6.07, 6.45) is 3.10. The van der Waals surface area contributed by atoms with E-state index in [0.29, 0.717) is 0 Å². The van der Waals surface area contributed by atoms with Gasteiger partial charge in [0, 0.05) is 17.3 Å². The molecule has 0 fully saturated rings. The van der Waals surface area contributed by atoms with E-state index in [1.807, 2.05) is 18.2 Å². The normalized spacial score (nSPS) is 13.9. The molecule has 0 aliphatic carbocycles. The van der Waals surface area contributed by atoms with Crippen LogP contribution in [0.1, 0.15) is 46.6 Å². The van der Waals surface area contributed by atoms with Crippen LogP contribution < -0.4 is 14.8 Å². The summed E-state index contributed by atoms with van der Waals surface area (Å²) in [7, 11) is 0. The van der Waals surface area contributed by atoms with Gasteiger partial charge in [-0.25, -0.2) is 4.98 Å². The topological polar surface area (TPSA) is 47.8 Å². The molecule has 0 saturated carbocycles. The Morgan fingerprint density at radius 1 is 1.07 bits per heavy atom. The molecule has 0 radical (unpaired) electrons. The molecule has 0 unspecified atom stereocenters. The number of hydrogen-bond donors (Lipinski definition) is 1. The molecule has 3 aromatic rings. The first-order chi connectivity index (χ1) is 13.1. The Bertz CT molecular complexity index is 1030. The maximum Gasteiger partial charge on any atom is 0.231 e. The second kappa shape index (κ2) is 6.43. The van der Waals surface area contributed by atoms with E-state index in [2.05, 4.69) is 69.6 Å². The smallest absolute Gasteiger partial charge is 0.231 e. The van der Waals surface area contributed by atoms with Gasteiger partial charge in [-0.2, -0.15) is 0 Å². The van der Waals surface area contributed by atoms with Gasteiger partial charge in [0.2, 0.25) is 6.79 Å². The molecule has 148 valence electrons. The second-order valence-corrected chi connectivity index (χ2v) is 9.51. The summed E-state index contributed by atoms with van der Waals surface area (Å²) in [5.41, 5.74) is 4.17. The van der Waals surface area contributed by atoms with E-state index in [9.17, 15) is 0 Å². The summed E-state index contributed by atoms with van der Waals surface area (Å²) < 4.78 is 13.2. The van der Waals surface area contributed by atoms with Crippen LogP contribution >= 0.6 is 0 Å². The summed E-state index contributed by atoms with van der Waals surface area (Å²) in [6.45, 7) is 13.7. The number of rotatable bonds is 4. The highest BCUT2D eigenvalue weighted by Gasteiger charge is 2.28. The zero-order chi connectivity index (χ0) is 20.1. The van der Waals surface area contributed by atoms with Gasteiger partial charge in [-0.3, -0.25) is 4.40 Å². The molecule has 1 N–H and O–H groups in total. The van der Waals surface area contributed by atoms with Crippen LogP contribution in [0.25, 0.3) is 16.9 Å². The molecular weight excluding hydrogens is 350 g/mol. The fourth-order valence-corrected chi connectivity index (χ4v) is 4.26. The predicted molar refractivity (Wildman–Crippen MR) is 113 cm³/mol. The van der Waals surface area contributed by atoms with E-state index in [1.165, 1.54) is 0 Å². The van der Waals surface area contributed by atoms with Gasteiger partial charge in [0.1, 0.15) is 17.2 Å². The van der Waals surface area contributed by atoms with Crippen molar-refractivity contribution in [2.75, 3.05) is 12.1 Å². The lowest BCUT2D eigenvalue weighted by atomic mass is 9.82. The Labute approximate surface area is 166 Å². The molecule has 0 saturated heterocycles. The maximum absolute atomic E-state index is 5.59. The number of aromatic nitrogens is 2. The highest BCUT2D eigenvalue weighted by Crippen LogP contribution is 2.39. The molecule has 5 heteroatoms. The summed E-state index contributed by atoms with van der Waals surface area (Å²) in [5.74, 6) is 2.56. The van der Waals surface area contributed by atoms with Crippen molar-refractivity contribution in [1.82, 2.24) is 9.38 Å². The van der Waals surface area contributed by atoms with Crippen molar-refractivity contribution in [3.8, 4) is 22.8 Å². The first-order valence-corrected chi connectivity index (χ1v) is 9.79. The standard InChI is InChI=1S/C23H29N3O2/c1-15-8-7-11-26-20(15)24-19(16-9-10-17-18(12-16)28-14-27-17)21(26)25-23(5,6)13-22(2,3)4/h7-12,25H,13-14H2,1-6H3. The van der Waals surface area contributed by atoms with Crippen LogP contribution in [0.15, 0.2) is 36.5 Å². The number of ether oxygens (including phenoxy) is 2. The van der Waals surface area contributed by atoms with E-state index in [-0.39, 0.29) is 17.7 Å². The summed E-state index contributed by atoms with van der Waals surface area (Å²) in [5, 5.41) is 3.79. The van der Waals surface area contributed by atoms with E-state index in [0.717, 1.165) is 46.2 Å². The van der Waals surface area contributed by atoms with Gasteiger partial charge >= 0.3 is 0 Å². The lowest BCUT2D eigenvalue weighted by molar-refractivity contribution is 0.174. The lowest BCUT2D eigenvalue weighted by Crippen LogP contribution is -2.36. The summed E-state index contributed by atoms with van der Waals surface area (Å²) in [4.78, 5) is 4.99. The average molecular weight is 380 g/mol. The summed E-state index contributed by atoms with van der Waals surface area (Å²) in [6, 6.07) is 10.2. The third kappa shape index (κ3) is 3.53.